The molecule has 0 heterocycles. The average Bonchev–Trinajstić information content (AvgIpc) is 2.69. The predicted octanol–water partition coefficient (Wildman–Crippen LogP) is 4.78. The topological polar surface area (TPSA) is 102 Å². The summed E-state index contributed by atoms with van der Waals surface area (Å²) in [5.41, 5.74) is 0.110. The minimum absolute atomic E-state index is 0.0316. The van der Waals surface area contributed by atoms with E-state index in [1.54, 1.807) is 26.0 Å². The van der Waals surface area contributed by atoms with Gasteiger partial charge in [-0.25, -0.2) is 0 Å². The quantitative estimate of drug-likeness (QED) is 0.347. The van der Waals surface area contributed by atoms with Gasteiger partial charge in [0.15, 0.2) is 0 Å². The second-order valence-corrected chi connectivity index (χ2v) is 8.59. The summed E-state index contributed by atoms with van der Waals surface area (Å²) in [5, 5.41) is 25.8. The van der Waals surface area contributed by atoms with E-state index >= 15 is 0 Å². The van der Waals surface area contributed by atoms with E-state index in [2.05, 4.69) is 5.32 Å². The number of nitro groups is 1. The number of methoxy groups -OCH3 is 1. The summed E-state index contributed by atoms with van der Waals surface area (Å²) in [4.78, 5) is 23.1. The largest absolute Gasteiger partial charge is 0.469 e. The second kappa shape index (κ2) is 10.1. The summed E-state index contributed by atoms with van der Waals surface area (Å²) in [6.45, 7) is 5.45. The van der Waals surface area contributed by atoms with E-state index < -0.39 is 10.5 Å². The summed E-state index contributed by atoms with van der Waals surface area (Å²) in [5.74, 6) is -0.203. The van der Waals surface area contributed by atoms with Crippen molar-refractivity contribution >= 4 is 17.3 Å². The molecule has 0 radical (unpaired) electrons. The predicted molar refractivity (Wildman–Crippen MR) is 113 cm³/mol. The highest BCUT2D eigenvalue weighted by atomic mass is 16.6. The van der Waals surface area contributed by atoms with E-state index in [4.69, 9.17) is 4.74 Å². The fourth-order valence-corrected chi connectivity index (χ4v) is 4.36. The molecule has 7 nitrogen and oxygen atoms in total. The number of ether oxygens (including phenoxy) is 1. The molecule has 162 valence electrons. The smallest absolute Gasteiger partial charge is 0.306 e. The molecule has 1 fully saturated rings. The molecule has 2 rings (SSSR count). The van der Waals surface area contributed by atoms with Crippen molar-refractivity contribution in [2.45, 2.75) is 83.3 Å². The van der Waals surface area contributed by atoms with Crippen LogP contribution in [-0.4, -0.2) is 34.8 Å². The lowest BCUT2D eigenvalue weighted by Gasteiger charge is -2.39. The van der Waals surface area contributed by atoms with E-state index in [0.717, 1.165) is 31.2 Å². The Morgan fingerprint density at radius 1 is 1.34 bits per heavy atom. The van der Waals surface area contributed by atoms with Crippen LogP contribution in [0.1, 0.15) is 77.2 Å². The standard InChI is InChI=1S/C22H34N2O5/c1-5-15(14-20(25)29-4)17-11-12-18(19(13-17)24(27)28)23-21(22(2,3)26)16-9-7-6-8-10-16/h11-13,15-16,21,23,26H,5-10,14H2,1-4H3/t15-,21-/m1/s1. The van der Waals surface area contributed by atoms with Crippen molar-refractivity contribution in [2.75, 3.05) is 12.4 Å². The van der Waals surface area contributed by atoms with Gasteiger partial charge in [-0.15, -0.1) is 0 Å². The first-order valence-corrected chi connectivity index (χ1v) is 10.5. The zero-order valence-electron chi connectivity index (χ0n) is 17.9. The van der Waals surface area contributed by atoms with Gasteiger partial charge in [0.05, 0.1) is 30.1 Å². The molecule has 1 saturated carbocycles. The third kappa shape index (κ3) is 6.16. The molecular weight excluding hydrogens is 372 g/mol. The lowest BCUT2D eigenvalue weighted by atomic mass is 9.77. The third-order valence-corrected chi connectivity index (χ3v) is 6.02. The second-order valence-electron chi connectivity index (χ2n) is 8.59. The fraction of sp³-hybridized carbons (Fsp3) is 0.682. The van der Waals surface area contributed by atoms with Crippen LogP contribution in [0.4, 0.5) is 11.4 Å². The number of aliphatic hydroxyl groups is 1. The van der Waals surface area contributed by atoms with Crippen molar-refractivity contribution in [3.05, 3.63) is 33.9 Å². The zero-order chi connectivity index (χ0) is 21.6. The van der Waals surface area contributed by atoms with E-state index in [9.17, 15) is 20.0 Å². The molecule has 0 aliphatic heterocycles. The van der Waals surface area contributed by atoms with Crippen molar-refractivity contribution in [2.24, 2.45) is 5.92 Å². The van der Waals surface area contributed by atoms with Gasteiger partial charge in [0, 0.05) is 6.07 Å². The highest BCUT2D eigenvalue weighted by Gasteiger charge is 2.36. The van der Waals surface area contributed by atoms with Crippen LogP contribution in [-0.2, 0) is 9.53 Å². The number of hydrogen-bond donors (Lipinski definition) is 2. The molecule has 1 aliphatic rings. The number of nitrogens with zero attached hydrogens (tertiary/aromatic N) is 1. The van der Waals surface area contributed by atoms with Crippen LogP contribution in [0.25, 0.3) is 0 Å². The number of nitrogens with one attached hydrogen (secondary N) is 1. The highest BCUT2D eigenvalue weighted by molar-refractivity contribution is 5.71. The third-order valence-electron chi connectivity index (χ3n) is 6.02. The van der Waals surface area contributed by atoms with E-state index in [1.165, 1.54) is 13.5 Å². The molecule has 0 spiro atoms. The Bertz CT molecular complexity index is 708. The molecule has 0 aromatic heterocycles. The van der Waals surface area contributed by atoms with Crippen LogP contribution in [0.15, 0.2) is 18.2 Å². The van der Waals surface area contributed by atoms with Crippen molar-refractivity contribution in [3.8, 4) is 0 Å². The summed E-state index contributed by atoms with van der Waals surface area (Å²) in [6, 6.07) is 4.80. The zero-order valence-corrected chi connectivity index (χ0v) is 17.9. The summed E-state index contributed by atoms with van der Waals surface area (Å²) in [7, 11) is 1.34. The van der Waals surface area contributed by atoms with Gasteiger partial charge >= 0.3 is 5.97 Å². The van der Waals surface area contributed by atoms with Crippen LogP contribution in [0.3, 0.4) is 0 Å². The minimum atomic E-state index is -1.01. The minimum Gasteiger partial charge on any atom is -0.469 e. The summed E-state index contributed by atoms with van der Waals surface area (Å²) < 4.78 is 4.75. The Hall–Kier alpha value is -2.15. The Kier molecular flexibility index (Phi) is 8.02. The number of nitro benzene ring substituents is 1. The van der Waals surface area contributed by atoms with Gasteiger partial charge in [-0.05, 0) is 56.6 Å². The lowest BCUT2D eigenvalue weighted by Crippen LogP contribution is -2.47. The van der Waals surface area contributed by atoms with Crippen molar-refractivity contribution in [1.82, 2.24) is 0 Å². The molecule has 2 atom stereocenters. The lowest BCUT2D eigenvalue weighted by molar-refractivity contribution is -0.384. The molecule has 1 aromatic rings. The monoisotopic (exact) mass is 406 g/mol. The normalized spacial score (nSPS) is 17.4. The summed E-state index contributed by atoms with van der Waals surface area (Å²) in [6.07, 6.45) is 6.30. The van der Waals surface area contributed by atoms with Crippen molar-refractivity contribution in [1.29, 1.82) is 0 Å². The average molecular weight is 407 g/mol. The van der Waals surface area contributed by atoms with Gasteiger partial charge in [0.25, 0.3) is 5.69 Å². The van der Waals surface area contributed by atoms with Crippen LogP contribution in [0, 0.1) is 16.0 Å². The first kappa shape index (κ1) is 23.1. The Morgan fingerprint density at radius 3 is 2.52 bits per heavy atom. The molecule has 1 aromatic carbocycles. The maximum atomic E-state index is 11.8. The maximum absolute atomic E-state index is 11.8. The molecule has 0 bridgehead atoms. The van der Waals surface area contributed by atoms with Crippen LogP contribution >= 0.6 is 0 Å². The Labute approximate surface area is 173 Å². The number of anilines is 1. The van der Waals surface area contributed by atoms with Crippen molar-refractivity contribution < 1.29 is 19.6 Å². The first-order valence-electron chi connectivity index (χ1n) is 10.5. The molecule has 1 aliphatic carbocycles. The van der Waals surface area contributed by atoms with E-state index in [0.29, 0.717) is 12.1 Å². The number of benzene rings is 1. The first-order chi connectivity index (χ1) is 13.7. The number of esters is 1. The van der Waals surface area contributed by atoms with Crippen LogP contribution in [0.5, 0.6) is 0 Å². The summed E-state index contributed by atoms with van der Waals surface area (Å²) >= 11 is 0. The number of carbonyl (C=O) groups is 1. The fourth-order valence-electron chi connectivity index (χ4n) is 4.36. The van der Waals surface area contributed by atoms with Crippen molar-refractivity contribution in [3.63, 3.8) is 0 Å². The van der Waals surface area contributed by atoms with E-state index in [-0.39, 0.29) is 36.0 Å². The SMILES string of the molecule is CC[C@H](CC(=O)OC)c1ccc(N[C@H](C2CCCCC2)C(C)(C)O)c([N+](=O)[O-])c1. The van der Waals surface area contributed by atoms with Crippen LogP contribution in [0.2, 0.25) is 0 Å². The molecular formula is C22H34N2O5. The molecule has 7 heteroatoms. The van der Waals surface area contributed by atoms with Gasteiger partial charge in [-0.2, -0.15) is 0 Å². The number of carbonyl (C=O) groups excluding carboxylic acids is 1. The van der Waals surface area contributed by atoms with Gasteiger partial charge in [-0.3, -0.25) is 14.9 Å². The molecule has 29 heavy (non-hydrogen) atoms. The number of rotatable bonds is 9. The van der Waals surface area contributed by atoms with Gasteiger partial charge in [0.1, 0.15) is 5.69 Å². The molecule has 2 N–H and O–H groups in total. The van der Waals surface area contributed by atoms with Gasteiger partial charge < -0.3 is 15.2 Å². The Balaban J connectivity index is 2.33. The maximum Gasteiger partial charge on any atom is 0.306 e. The number of hydrogen-bond acceptors (Lipinski definition) is 6. The molecule has 0 saturated heterocycles. The molecule has 0 unspecified atom stereocenters. The van der Waals surface area contributed by atoms with Crippen LogP contribution < -0.4 is 5.32 Å². The van der Waals surface area contributed by atoms with Gasteiger partial charge in [-0.1, -0.05) is 32.3 Å². The highest BCUT2D eigenvalue weighted by Crippen LogP contribution is 2.37. The van der Waals surface area contributed by atoms with Gasteiger partial charge in [0.2, 0.25) is 0 Å². The molecule has 0 amide bonds. The van der Waals surface area contributed by atoms with E-state index in [1.807, 2.05) is 13.0 Å². The Morgan fingerprint density at radius 2 is 2.00 bits per heavy atom.